The van der Waals surface area contributed by atoms with Crippen LogP contribution in [0.5, 0.6) is 0 Å². The van der Waals surface area contributed by atoms with Gasteiger partial charge in [-0.1, -0.05) is 23.2 Å². The molecule has 6 heteroatoms. The normalized spacial score (nSPS) is 10.4. The Morgan fingerprint density at radius 1 is 1.25 bits per heavy atom. The van der Waals surface area contributed by atoms with Gasteiger partial charge in [0, 0.05) is 41.5 Å². The van der Waals surface area contributed by atoms with E-state index in [1.54, 1.807) is 25.2 Å². The van der Waals surface area contributed by atoms with E-state index in [1.807, 2.05) is 0 Å². The number of pyridine rings is 1. The Kier molecular flexibility index (Phi) is 4.57. The van der Waals surface area contributed by atoms with Crippen molar-refractivity contribution < 1.29 is 9.18 Å². The fourth-order valence-corrected chi connectivity index (χ4v) is 2.38. The summed E-state index contributed by atoms with van der Waals surface area (Å²) in [6.45, 7) is 0.322. The molecule has 0 N–H and O–H groups in total. The Balaban J connectivity index is 2.15. The summed E-state index contributed by atoms with van der Waals surface area (Å²) in [5, 5.41) is 1.01. The molecule has 0 unspecified atom stereocenters. The summed E-state index contributed by atoms with van der Waals surface area (Å²) in [6, 6.07) is 7.64. The molecule has 0 spiro atoms. The molecule has 0 fully saturated rings. The lowest BCUT2D eigenvalue weighted by atomic mass is 10.2. The van der Waals surface area contributed by atoms with Gasteiger partial charge in [-0.25, -0.2) is 4.98 Å². The summed E-state index contributed by atoms with van der Waals surface area (Å²) >= 11 is 11.8. The van der Waals surface area contributed by atoms with Gasteiger partial charge in [0.15, 0.2) is 0 Å². The van der Waals surface area contributed by atoms with E-state index < -0.39 is 5.95 Å². The number of amides is 1. The van der Waals surface area contributed by atoms with Gasteiger partial charge in [-0.15, -0.1) is 0 Å². The maximum Gasteiger partial charge on any atom is 0.254 e. The van der Waals surface area contributed by atoms with Gasteiger partial charge in [0.2, 0.25) is 5.95 Å². The van der Waals surface area contributed by atoms with Gasteiger partial charge in [0.05, 0.1) is 0 Å². The van der Waals surface area contributed by atoms with Crippen molar-refractivity contribution in [1.29, 1.82) is 0 Å². The number of carbonyl (C=O) groups is 1. The molecule has 0 saturated heterocycles. The van der Waals surface area contributed by atoms with Crippen LogP contribution in [-0.4, -0.2) is 22.8 Å². The van der Waals surface area contributed by atoms with E-state index in [9.17, 15) is 9.18 Å². The van der Waals surface area contributed by atoms with Crippen LogP contribution in [0.25, 0.3) is 0 Å². The van der Waals surface area contributed by atoms with Gasteiger partial charge in [0.25, 0.3) is 5.91 Å². The molecule has 104 valence electrons. The molecule has 1 amide bonds. The van der Waals surface area contributed by atoms with Crippen LogP contribution >= 0.6 is 23.2 Å². The number of aromatic nitrogens is 1. The van der Waals surface area contributed by atoms with Crippen molar-refractivity contribution in [3.63, 3.8) is 0 Å². The Morgan fingerprint density at radius 3 is 2.50 bits per heavy atom. The largest absolute Gasteiger partial charge is 0.337 e. The second-order valence-electron chi connectivity index (χ2n) is 4.31. The van der Waals surface area contributed by atoms with E-state index in [-0.39, 0.29) is 11.5 Å². The Bertz CT molecular complexity index is 629. The fraction of sp³-hybridized carbons (Fsp3) is 0.143. The first-order chi connectivity index (χ1) is 9.45. The topological polar surface area (TPSA) is 33.2 Å². The molecule has 20 heavy (non-hydrogen) atoms. The lowest BCUT2D eigenvalue weighted by molar-refractivity contribution is 0.0784. The molecule has 0 atom stereocenters. The minimum Gasteiger partial charge on any atom is -0.337 e. The third kappa shape index (κ3) is 3.68. The van der Waals surface area contributed by atoms with E-state index in [0.29, 0.717) is 16.6 Å². The van der Waals surface area contributed by atoms with Gasteiger partial charge < -0.3 is 4.90 Å². The lowest BCUT2D eigenvalue weighted by Gasteiger charge is -2.17. The summed E-state index contributed by atoms with van der Waals surface area (Å²) in [5.41, 5.74) is 1.04. The van der Waals surface area contributed by atoms with Crippen molar-refractivity contribution in [3.05, 3.63) is 63.6 Å². The molecule has 1 aromatic carbocycles. The Labute approximate surface area is 125 Å². The van der Waals surface area contributed by atoms with Gasteiger partial charge in [0.1, 0.15) is 0 Å². The molecule has 0 saturated carbocycles. The SMILES string of the molecule is CN(Cc1cc(Cl)cc(Cl)c1)C(=O)c1ccnc(F)c1. The second-order valence-corrected chi connectivity index (χ2v) is 5.18. The van der Waals surface area contributed by atoms with Crippen LogP contribution in [-0.2, 0) is 6.54 Å². The summed E-state index contributed by atoms with van der Waals surface area (Å²) in [4.78, 5) is 17.0. The van der Waals surface area contributed by atoms with E-state index >= 15 is 0 Å². The summed E-state index contributed by atoms with van der Waals surface area (Å²) < 4.78 is 13.0. The van der Waals surface area contributed by atoms with Crippen molar-refractivity contribution in [1.82, 2.24) is 9.88 Å². The second kappa shape index (κ2) is 6.20. The highest BCUT2D eigenvalue weighted by molar-refractivity contribution is 6.34. The van der Waals surface area contributed by atoms with E-state index in [4.69, 9.17) is 23.2 Å². The van der Waals surface area contributed by atoms with Crippen LogP contribution in [0.2, 0.25) is 10.0 Å². The van der Waals surface area contributed by atoms with E-state index in [1.165, 1.54) is 17.2 Å². The van der Waals surface area contributed by atoms with Crippen LogP contribution < -0.4 is 0 Å². The van der Waals surface area contributed by atoms with Crippen LogP contribution in [0.4, 0.5) is 4.39 Å². The quantitative estimate of drug-likeness (QED) is 0.808. The first-order valence-corrected chi connectivity index (χ1v) is 6.53. The van der Waals surface area contributed by atoms with Crippen molar-refractivity contribution in [2.75, 3.05) is 7.05 Å². The number of carbonyl (C=O) groups excluding carboxylic acids is 1. The number of halogens is 3. The minimum absolute atomic E-state index is 0.244. The van der Waals surface area contributed by atoms with Crippen molar-refractivity contribution in [2.45, 2.75) is 6.54 Å². The highest BCUT2D eigenvalue weighted by Gasteiger charge is 2.13. The average Bonchev–Trinajstić information content (AvgIpc) is 2.36. The molecular formula is C14H11Cl2FN2O. The van der Waals surface area contributed by atoms with Crippen molar-refractivity contribution in [3.8, 4) is 0 Å². The fourth-order valence-electron chi connectivity index (χ4n) is 1.80. The van der Waals surface area contributed by atoms with Crippen LogP contribution in [0, 0.1) is 5.95 Å². The maximum absolute atomic E-state index is 13.0. The third-order valence-electron chi connectivity index (χ3n) is 2.66. The van der Waals surface area contributed by atoms with E-state index in [2.05, 4.69) is 4.98 Å². The molecular weight excluding hydrogens is 302 g/mol. The maximum atomic E-state index is 13.0. The standard InChI is InChI=1S/C14H11Cl2FN2O/c1-19(8-9-4-11(15)7-12(16)5-9)14(20)10-2-3-18-13(17)6-10/h2-7H,8H2,1H3. The predicted octanol–water partition coefficient (Wildman–Crippen LogP) is 3.80. The van der Waals surface area contributed by atoms with Crippen molar-refractivity contribution >= 4 is 29.1 Å². The third-order valence-corrected chi connectivity index (χ3v) is 3.10. The first-order valence-electron chi connectivity index (χ1n) is 5.77. The van der Waals surface area contributed by atoms with Crippen LogP contribution in [0.15, 0.2) is 36.5 Å². The lowest BCUT2D eigenvalue weighted by Crippen LogP contribution is -2.26. The van der Waals surface area contributed by atoms with Gasteiger partial charge in [-0.3, -0.25) is 4.79 Å². The first kappa shape index (κ1) is 14.8. The number of nitrogens with zero attached hydrogens (tertiary/aromatic N) is 2. The highest BCUT2D eigenvalue weighted by Crippen LogP contribution is 2.20. The smallest absolute Gasteiger partial charge is 0.254 e. The highest BCUT2D eigenvalue weighted by atomic mass is 35.5. The zero-order valence-corrected chi connectivity index (χ0v) is 12.1. The molecule has 0 aliphatic rings. The number of rotatable bonds is 3. The van der Waals surface area contributed by atoms with Crippen molar-refractivity contribution in [2.24, 2.45) is 0 Å². The number of benzene rings is 1. The minimum atomic E-state index is -0.685. The molecule has 3 nitrogen and oxygen atoms in total. The number of hydrogen-bond acceptors (Lipinski definition) is 2. The molecule has 2 rings (SSSR count). The average molecular weight is 313 g/mol. The predicted molar refractivity (Wildman–Crippen MR) is 76.5 cm³/mol. The molecule has 2 aromatic rings. The molecule has 1 heterocycles. The molecule has 0 radical (unpaired) electrons. The van der Waals surface area contributed by atoms with Crippen LogP contribution in [0.1, 0.15) is 15.9 Å². The Morgan fingerprint density at radius 2 is 1.90 bits per heavy atom. The summed E-state index contributed by atoms with van der Waals surface area (Å²) in [6.07, 6.45) is 1.26. The van der Waals surface area contributed by atoms with E-state index in [0.717, 1.165) is 11.6 Å². The molecule has 0 aliphatic carbocycles. The number of hydrogen-bond donors (Lipinski definition) is 0. The molecule has 1 aromatic heterocycles. The summed E-state index contributed by atoms with van der Waals surface area (Å²) in [7, 11) is 1.62. The molecule has 0 aliphatic heterocycles. The van der Waals surface area contributed by atoms with Crippen LogP contribution in [0.3, 0.4) is 0 Å². The molecule has 0 bridgehead atoms. The van der Waals surface area contributed by atoms with Gasteiger partial charge in [-0.05, 0) is 29.8 Å². The van der Waals surface area contributed by atoms with Gasteiger partial charge in [-0.2, -0.15) is 4.39 Å². The Hall–Kier alpha value is -1.65. The van der Waals surface area contributed by atoms with Gasteiger partial charge >= 0.3 is 0 Å². The monoisotopic (exact) mass is 312 g/mol. The zero-order valence-electron chi connectivity index (χ0n) is 10.6. The summed E-state index contributed by atoms with van der Waals surface area (Å²) in [5.74, 6) is -0.988. The zero-order chi connectivity index (χ0) is 14.7.